The number of benzene rings is 2. The van der Waals surface area contributed by atoms with Crippen LogP contribution in [-0.4, -0.2) is 23.6 Å². The van der Waals surface area contributed by atoms with Crippen LogP contribution < -0.4 is 5.43 Å². The molecular formula is C22H18ClNO3S. The van der Waals surface area contributed by atoms with Crippen molar-refractivity contribution in [3.63, 3.8) is 0 Å². The Hall–Kier alpha value is -2.50. The van der Waals surface area contributed by atoms with Crippen molar-refractivity contribution >= 4 is 40.2 Å². The maximum atomic E-state index is 13.4. The average Bonchev–Trinajstić information content (AvgIpc) is 2.96. The quantitative estimate of drug-likeness (QED) is 0.437. The fourth-order valence-corrected chi connectivity index (χ4v) is 4.17. The molecule has 1 aliphatic heterocycles. The van der Waals surface area contributed by atoms with E-state index in [4.69, 9.17) is 16.0 Å². The Morgan fingerprint density at radius 1 is 1.25 bits per heavy atom. The number of aryl methyl sites for hydroxylation is 1. The van der Waals surface area contributed by atoms with Crippen LogP contribution in [0.1, 0.15) is 33.3 Å². The third-order valence-corrected chi connectivity index (χ3v) is 6.16. The van der Waals surface area contributed by atoms with Crippen LogP contribution in [0.4, 0.5) is 0 Å². The fraction of sp³-hybridized carbons (Fsp3) is 0.182. The van der Waals surface area contributed by atoms with Gasteiger partial charge in [-0.2, -0.15) is 0 Å². The summed E-state index contributed by atoms with van der Waals surface area (Å²) in [5, 5.41) is 0.876. The van der Waals surface area contributed by atoms with E-state index in [-0.39, 0.29) is 17.1 Å². The van der Waals surface area contributed by atoms with Gasteiger partial charge in [0.2, 0.25) is 5.76 Å². The first-order valence-corrected chi connectivity index (χ1v) is 10.4. The van der Waals surface area contributed by atoms with Crippen LogP contribution >= 0.6 is 23.4 Å². The number of thioether (sulfide) groups is 1. The summed E-state index contributed by atoms with van der Waals surface area (Å²) in [6, 6.07) is 10.7. The first-order chi connectivity index (χ1) is 13.5. The minimum atomic E-state index is -0.517. The fourth-order valence-electron chi connectivity index (χ4n) is 3.60. The van der Waals surface area contributed by atoms with Crippen LogP contribution in [0.3, 0.4) is 0 Å². The topological polar surface area (TPSA) is 50.5 Å². The highest BCUT2D eigenvalue weighted by molar-refractivity contribution is 7.98. The van der Waals surface area contributed by atoms with Gasteiger partial charge in [0, 0.05) is 16.5 Å². The standard InChI is InChI=1S/C22H18ClNO3S/c1-4-9-24-19(13-5-7-14(28-3)8-6-13)18-20(25)15-11-16(23)12(2)10-17(15)27-21(18)22(24)26/h4-8,10-11,19H,1,9H2,2-3H3. The number of carbonyl (C=O) groups is 1. The number of carbonyl (C=O) groups excluding carboxylic acids is 1. The first-order valence-electron chi connectivity index (χ1n) is 8.79. The van der Waals surface area contributed by atoms with Crippen LogP contribution in [0.2, 0.25) is 5.02 Å². The van der Waals surface area contributed by atoms with E-state index in [9.17, 15) is 9.59 Å². The van der Waals surface area contributed by atoms with Gasteiger partial charge in [-0.1, -0.05) is 29.8 Å². The van der Waals surface area contributed by atoms with E-state index in [2.05, 4.69) is 6.58 Å². The monoisotopic (exact) mass is 411 g/mol. The minimum absolute atomic E-state index is 0.0972. The molecule has 142 valence electrons. The van der Waals surface area contributed by atoms with E-state index in [1.807, 2.05) is 37.4 Å². The molecule has 0 aliphatic carbocycles. The molecule has 0 spiro atoms. The van der Waals surface area contributed by atoms with Gasteiger partial charge in [-0.05, 0) is 48.6 Å². The molecule has 1 atom stereocenters. The largest absolute Gasteiger partial charge is 0.450 e. The highest BCUT2D eigenvalue weighted by Gasteiger charge is 2.42. The molecule has 4 nitrogen and oxygen atoms in total. The number of nitrogens with zero attached hydrogens (tertiary/aromatic N) is 1. The van der Waals surface area contributed by atoms with Crippen LogP contribution in [0.5, 0.6) is 0 Å². The van der Waals surface area contributed by atoms with Gasteiger partial charge in [-0.15, -0.1) is 18.3 Å². The molecule has 0 radical (unpaired) electrons. The Balaban J connectivity index is 2.00. The van der Waals surface area contributed by atoms with Gasteiger partial charge in [0.15, 0.2) is 5.43 Å². The Morgan fingerprint density at radius 2 is 1.96 bits per heavy atom. The minimum Gasteiger partial charge on any atom is -0.450 e. The van der Waals surface area contributed by atoms with Crippen LogP contribution in [0.15, 0.2) is 63.2 Å². The summed E-state index contributed by atoms with van der Waals surface area (Å²) in [6.07, 6.45) is 3.65. The van der Waals surface area contributed by atoms with Gasteiger partial charge in [0.05, 0.1) is 17.0 Å². The van der Waals surface area contributed by atoms with Crippen molar-refractivity contribution in [2.24, 2.45) is 0 Å². The van der Waals surface area contributed by atoms with Gasteiger partial charge in [-0.25, -0.2) is 0 Å². The first kappa shape index (κ1) is 18.8. The van der Waals surface area contributed by atoms with E-state index in [0.717, 1.165) is 16.0 Å². The molecule has 1 aliphatic rings. The lowest BCUT2D eigenvalue weighted by Gasteiger charge is -2.23. The Labute approximate surface area is 171 Å². The maximum Gasteiger partial charge on any atom is 0.291 e. The normalized spacial score (nSPS) is 15.9. The van der Waals surface area contributed by atoms with Crippen molar-refractivity contribution in [3.8, 4) is 0 Å². The van der Waals surface area contributed by atoms with Crippen molar-refractivity contribution < 1.29 is 9.21 Å². The van der Waals surface area contributed by atoms with Crippen LogP contribution in [0, 0.1) is 6.92 Å². The second-order valence-corrected chi connectivity index (χ2v) is 7.98. The van der Waals surface area contributed by atoms with Crippen molar-refractivity contribution in [3.05, 3.63) is 86.7 Å². The van der Waals surface area contributed by atoms with Crippen molar-refractivity contribution in [2.75, 3.05) is 12.8 Å². The summed E-state index contributed by atoms with van der Waals surface area (Å²) in [5.41, 5.74) is 2.15. The summed E-state index contributed by atoms with van der Waals surface area (Å²) in [7, 11) is 0. The maximum absolute atomic E-state index is 13.4. The summed E-state index contributed by atoms with van der Waals surface area (Å²) < 4.78 is 5.92. The lowest BCUT2D eigenvalue weighted by atomic mass is 9.98. The Kier molecular flexibility index (Phi) is 4.81. The van der Waals surface area contributed by atoms with E-state index in [1.165, 1.54) is 0 Å². The molecule has 2 heterocycles. The number of hydrogen-bond acceptors (Lipinski definition) is 4. The number of amides is 1. The smallest absolute Gasteiger partial charge is 0.291 e. The molecule has 28 heavy (non-hydrogen) atoms. The van der Waals surface area contributed by atoms with E-state index >= 15 is 0 Å². The molecule has 1 unspecified atom stereocenters. The van der Waals surface area contributed by atoms with Crippen molar-refractivity contribution in [1.82, 2.24) is 4.90 Å². The number of rotatable bonds is 4. The molecule has 0 saturated heterocycles. The average molecular weight is 412 g/mol. The highest BCUT2D eigenvalue weighted by atomic mass is 35.5. The molecule has 1 aromatic heterocycles. The Morgan fingerprint density at radius 3 is 2.61 bits per heavy atom. The molecule has 0 saturated carbocycles. The third-order valence-electron chi connectivity index (χ3n) is 5.00. The molecule has 1 amide bonds. The lowest BCUT2D eigenvalue weighted by molar-refractivity contribution is 0.0748. The Bertz CT molecular complexity index is 1170. The second kappa shape index (κ2) is 7.15. The van der Waals surface area contributed by atoms with E-state index in [0.29, 0.717) is 28.1 Å². The van der Waals surface area contributed by atoms with Gasteiger partial charge in [-0.3, -0.25) is 9.59 Å². The molecule has 0 fully saturated rings. The second-order valence-electron chi connectivity index (χ2n) is 6.69. The predicted molar refractivity (Wildman–Crippen MR) is 114 cm³/mol. The third kappa shape index (κ3) is 2.86. The zero-order valence-electron chi connectivity index (χ0n) is 15.5. The molecular weight excluding hydrogens is 394 g/mol. The molecule has 0 N–H and O–H groups in total. The van der Waals surface area contributed by atoms with Gasteiger partial charge < -0.3 is 9.32 Å². The zero-order chi connectivity index (χ0) is 20.0. The zero-order valence-corrected chi connectivity index (χ0v) is 17.1. The lowest BCUT2D eigenvalue weighted by Crippen LogP contribution is -2.29. The summed E-state index contributed by atoms with van der Waals surface area (Å²) in [4.78, 5) is 29.1. The van der Waals surface area contributed by atoms with Crippen molar-refractivity contribution in [2.45, 2.75) is 17.9 Å². The molecule has 3 aromatic rings. The van der Waals surface area contributed by atoms with E-state index < -0.39 is 6.04 Å². The molecule has 6 heteroatoms. The highest BCUT2D eigenvalue weighted by Crippen LogP contribution is 2.39. The summed E-state index contributed by atoms with van der Waals surface area (Å²) >= 11 is 7.86. The van der Waals surface area contributed by atoms with Crippen LogP contribution in [0.25, 0.3) is 11.0 Å². The van der Waals surface area contributed by atoms with Gasteiger partial charge in [0.1, 0.15) is 5.58 Å². The SMILES string of the molecule is C=CCN1C(=O)c2oc3cc(C)c(Cl)cc3c(=O)c2C1c1ccc(SC)cc1. The molecule has 2 aromatic carbocycles. The van der Waals surface area contributed by atoms with Crippen molar-refractivity contribution in [1.29, 1.82) is 0 Å². The van der Waals surface area contributed by atoms with E-state index in [1.54, 1.807) is 34.9 Å². The van der Waals surface area contributed by atoms with Crippen LogP contribution in [-0.2, 0) is 0 Å². The predicted octanol–water partition coefficient (Wildman–Crippen LogP) is 5.21. The summed E-state index contributed by atoms with van der Waals surface area (Å²) in [5.74, 6) is -0.208. The summed E-state index contributed by atoms with van der Waals surface area (Å²) in [6.45, 7) is 5.90. The van der Waals surface area contributed by atoms with Gasteiger partial charge >= 0.3 is 0 Å². The number of fused-ring (bicyclic) bond motifs is 2. The van der Waals surface area contributed by atoms with Gasteiger partial charge in [0.25, 0.3) is 5.91 Å². The number of halogens is 1. The number of hydrogen-bond donors (Lipinski definition) is 0. The molecule has 0 bridgehead atoms. The molecule has 4 rings (SSSR count).